The first-order chi connectivity index (χ1) is 13.1. The highest BCUT2D eigenvalue weighted by atomic mass is 16.6. The van der Waals surface area contributed by atoms with Crippen molar-refractivity contribution in [2.75, 3.05) is 0 Å². The summed E-state index contributed by atoms with van der Waals surface area (Å²) in [4.78, 5) is 36.1. The van der Waals surface area contributed by atoms with Gasteiger partial charge in [0.1, 0.15) is 17.2 Å². The molecule has 0 aliphatic heterocycles. The Labute approximate surface area is 163 Å². The van der Waals surface area contributed by atoms with Crippen LogP contribution in [0.5, 0.6) is 0 Å². The molecule has 0 radical (unpaired) electrons. The Kier molecular flexibility index (Phi) is 5.30. The highest BCUT2D eigenvalue weighted by Crippen LogP contribution is 2.37. The molecule has 0 spiro atoms. The fourth-order valence-corrected chi connectivity index (χ4v) is 3.18. The van der Waals surface area contributed by atoms with Crippen molar-refractivity contribution in [1.82, 2.24) is 4.57 Å². The van der Waals surface area contributed by atoms with Crippen molar-refractivity contribution < 1.29 is 19.4 Å². The Hall–Kier alpha value is -2.67. The molecule has 0 saturated heterocycles. The van der Waals surface area contributed by atoms with Gasteiger partial charge in [-0.25, -0.2) is 4.79 Å². The number of hydrogen-bond acceptors (Lipinski definition) is 5. The smallest absolute Gasteiger partial charge is 0.341 e. The van der Waals surface area contributed by atoms with Gasteiger partial charge >= 0.3 is 11.9 Å². The fraction of sp³-hybridized carbons (Fsp3) is 0.476. The molecule has 28 heavy (non-hydrogen) atoms. The van der Waals surface area contributed by atoms with E-state index in [0.717, 1.165) is 23.9 Å². The summed E-state index contributed by atoms with van der Waals surface area (Å²) in [5, 5.41) is 9.75. The minimum absolute atomic E-state index is 0.220. The van der Waals surface area contributed by atoms with Crippen LogP contribution in [0.2, 0.25) is 0 Å². The van der Waals surface area contributed by atoms with Crippen LogP contribution in [-0.2, 0) is 16.0 Å². The number of nitrogens with zero attached hydrogens (tertiary/aromatic N) is 1. The molecule has 1 aliphatic rings. The van der Waals surface area contributed by atoms with Crippen molar-refractivity contribution in [3.05, 3.63) is 45.7 Å². The van der Waals surface area contributed by atoms with Crippen molar-refractivity contribution in [1.29, 1.82) is 0 Å². The maximum atomic E-state index is 12.6. The van der Waals surface area contributed by atoms with E-state index >= 15 is 0 Å². The molecule has 0 bridgehead atoms. The number of nitrogens with two attached hydrogens (primary N) is 1. The summed E-state index contributed by atoms with van der Waals surface area (Å²) in [5.41, 5.74) is 6.19. The van der Waals surface area contributed by atoms with Crippen molar-refractivity contribution >= 4 is 22.8 Å². The fourth-order valence-electron chi connectivity index (χ4n) is 3.18. The molecule has 1 aromatic carbocycles. The zero-order valence-electron chi connectivity index (χ0n) is 16.4. The molecular formula is C21H26N2O5. The second-order valence-corrected chi connectivity index (χ2v) is 8.35. The minimum atomic E-state index is -1.22. The molecule has 1 unspecified atom stereocenters. The van der Waals surface area contributed by atoms with Gasteiger partial charge in [0.15, 0.2) is 0 Å². The Bertz CT molecular complexity index is 983. The molecule has 1 saturated carbocycles. The number of carboxylic acid groups (broad SMARTS) is 1. The summed E-state index contributed by atoms with van der Waals surface area (Å²) >= 11 is 0. The van der Waals surface area contributed by atoms with E-state index in [-0.39, 0.29) is 11.6 Å². The van der Waals surface area contributed by atoms with Gasteiger partial charge in [-0.3, -0.25) is 9.59 Å². The number of aryl methyl sites for hydroxylation is 1. The number of carbonyl (C=O) groups is 2. The second-order valence-electron chi connectivity index (χ2n) is 8.35. The minimum Gasteiger partial charge on any atom is -0.477 e. The number of ether oxygens (including phenoxy) is 1. The highest BCUT2D eigenvalue weighted by molar-refractivity contribution is 5.92. The van der Waals surface area contributed by atoms with Crippen LogP contribution in [-0.4, -0.2) is 33.3 Å². The van der Waals surface area contributed by atoms with E-state index in [9.17, 15) is 19.5 Å². The number of pyridine rings is 1. The van der Waals surface area contributed by atoms with E-state index in [2.05, 4.69) is 0 Å². The number of aromatic nitrogens is 1. The van der Waals surface area contributed by atoms with Crippen LogP contribution in [0.1, 0.15) is 62.0 Å². The molecule has 7 heteroatoms. The van der Waals surface area contributed by atoms with Gasteiger partial charge in [-0.15, -0.1) is 0 Å². The molecule has 0 amide bonds. The molecule has 1 heterocycles. The van der Waals surface area contributed by atoms with Crippen LogP contribution in [0, 0.1) is 0 Å². The van der Waals surface area contributed by atoms with Crippen molar-refractivity contribution in [3.8, 4) is 0 Å². The Morgan fingerprint density at radius 1 is 1.32 bits per heavy atom. The van der Waals surface area contributed by atoms with E-state index in [1.54, 1.807) is 26.8 Å². The molecule has 2 aromatic rings. The summed E-state index contributed by atoms with van der Waals surface area (Å²) in [6.45, 7) is 5.35. The van der Waals surface area contributed by atoms with Gasteiger partial charge in [0.25, 0.3) is 0 Å². The van der Waals surface area contributed by atoms with Crippen molar-refractivity contribution in [2.45, 2.75) is 64.1 Å². The van der Waals surface area contributed by atoms with Crippen LogP contribution >= 0.6 is 0 Å². The Morgan fingerprint density at radius 3 is 2.57 bits per heavy atom. The molecule has 7 nitrogen and oxygen atoms in total. The van der Waals surface area contributed by atoms with Gasteiger partial charge in [-0.1, -0.05) is 6.07 Å². The van der Waals surface area contributed by atoms with Crippen molar-refractivity contribution in [2.24, 2.45) is 5.73 Å². The van der Waals surface area contributed by atoms with E-state index in [0.29, 0.717) is 18.2 Å². The molecule has 3 rings (SSSR count). The van der Waals surface area contributed by atoms with Crippen molar-refractivity contribution in [3.63, 3.8) is 0 Å². The Balaban J connectivity index is 1.86. The van der Waals surface area contributed by atoms with Gasteiger partial charge in [0, 0.05) is 17.6 Å². The van der Waals surface area contributed by atoms with Crippen LogP contribution in [0.3, 0.4) is 0 Å². The average Bonchev–Trinajstić information content (AvgIpc) is 3.43. The van der Waals surface area contributed by atoms with Crippen LogP contribution < -0.4 is 11.2 Å². The first-order valence-electron chi connectivity index (χ1n) is 9.46. The number of aromatic carboxylic acids is 1. The van der Waals surface area contributed by atoms with Crippen LogP contribution in [0.25, 0.3) is 10.9 Å². The average molecular weight is 386 g/mol. The van der Waals surface area contributed by atoms with E-state index < -0.39 is 29.0 Å². The first kappa shape index (κ1) is 20.1. The predicted octanol–water partition coefficient (Wildman–Crippen LogP) is 2.64. The van der Waals surface area contributed by atoms with Gasteiger partial charge < -0.3 is 20.1 Å². The lowest BCUT2D eigenvalue weighted by Gasteiger charge is -2.22. The molecule has 1 aromatic heterocycles. The topological polar surface area (TPSA) is 112 Å². The number of hydrogen-bond donors (Lipinski definition) is 2. The lowest BCUT2D eigenvalue weighted by atomic mass is 10.0. The zero-order chi connectivity index (χ0) is 20.6. The number of fused-ring (bicyclic) bond motifs is 1. The molecule has 1 fully saturated rings. The molecule has 150 valence electrons. The normalized spacial score (nSPS) is 15.4. The number of esters is 1. The van der Waals surface area contributed by atoms with E-state index in [1.165, 1.54) is 6.20 Å². The highest BCUT2D eigenvalue weighted by Gasteiger charge is 2.27. The zero-order valence-corrected chi connectivity index (χ0v) is 16.4. The maximum absolute atomic E-state index is 12.6. The van der Waals surface area contributed by atoms with Gasteiger partial charge in [-0.05, 0) is 64.2 Å². The second kappa shape index (κ2) is 7.39. The quantitative estimate of drug-likeness (QED) is 0.738. The number of carboxylic acids is 1. The largest absolute Gasteiger partial charge is 0.477 e. The lowest BCUT2D eigenvalue weighted by Crippen LogP contribution is -2.37. The van der Waals surface area contributed by atoms with E-state index in [1.807, 2.05) is 16.7 Å². The third-order valence-electron chi connectivity index (χ3n) is 4.72. The Morgan fingerprint density at radius 2 is 2.00 bits per heavy atom. The van der Waals surface area contributed by atoms with Crippen LogP contribution in [0.15, 0.2) is 29.2 Å². The summed E-state index contributed by atoms with van der Waals surface area (Å²) in [7, 11) is 0. The van der Waals surface area contributed by atoms with Gasteiger partial charge in [0.05, 0.1) is 5.52 Å². The summed E-state index contributed by atoms with van der Waals surface area (Å²) in [6.07, 6.45) is 4.25. The van der Waals surface area contributed by atoms with E-state index in [4.69, 9.17) is 10.5 Å². The summed E-state index contributed by atoms with van der Waals surface area (Å²) in [5.74, 6) is -1.68. The predicted molar refractivity (Wildman–Crippen MR) is 106 cm³/mol. The van der Waals surface area contributed by atoms with Crippen LogP contribution in [0.4, 0.5) is 0 Å². The molecular weight excluding hydrogens is 360 g/mol. The first-order valence-corrected chi connectivity index (χ1v) is 9.46. The van der Waals surface area contributed by atoms with Gasteiger partial charge in [0.2, 0.25) is 5.43 Å². The summed E-state index contributed by atoms with van der Waals surface area (Å²) < 4.78 is 7.17. The summed E-state index contributed by atoms with van der Waals surface area (Å²) in [6, 6.07) is 4.93. The monoisotopic (exact) mass is 386 g/mol. The molecule has 3 N–H and O–H groups in total. The third kappa shape index (κ3) is 4.42. The standard InChI is InChI=1S/C21H26N2O5/c1-21(2,3)28-20(27)16(22)8-4-12-5-9-17-14(10-12)18(24)15(19(25)26)11-23(17)13-6-7-13/h5,9-11,13,16H,4,6-8,22H2,1-3H3,(H,25,26). The van der Waals surface area contributed by atoms with Gasteiger partial charge in [-0.2, -0.15) is 0 Å². The number of rotatable bonds is 6. The molecule has 1 aliphatic carbocycles. The maximum Gasteiger partial charge on any atom is 0.341 e. The SMILES string of the molecule is CC(C)(C)OC(=O)C(N)CCc1ccc2c(c1)c(=O)c(C(=O)O)cn2C1CC1. The molecule has 1 atom stereocenters. The third-order valence-corrected chi connectivity index (χ3v) is 4.72. The lowest BCUT2D eigenvalue weighted by molar-refractivity contribution is -0.156. The number of benzene rings is 1. The number of carbonyl (C=O) groups excluding carboxylic acids is 1.